The Bertz CT molecular complexity index is 918. The SMILES string of the molecule is Cc1cc(N2CCC(N[C@@H](C)c3nc(C)no3)CC2)nc(-c2ccccc2)n1. The molecule has 1 fully saturated rings. The number of nitrogens with one attached hydrogen (secondary N) is 1. The average molecular weight is 378 g/mol. The molecule has 1 aromatic carbocycles. The summed E-state index contributed by atoms with van der Waals surface area (Å²) >= 11 is 0. The van der Waals surface area contributed by atoms with Crippen molar-refractivity contribution < 1.29 is 4.52 Å². The number of rotatable bonds is 5. The quantitative estimate of drug-likeness (QED) is 0.728. The van der Waals surface area contributed by atoms with Crippen molar-refractivity contribution in [3.8, 4) is 11.4 Å². The minimum Gasteiger partial charge on any atom is -0.356 e. The molecule has 28 heavy (non-hydrogen) atoms. The number of hydrogen-bond donors (Lipinski definition) is 1. The van der Waals surface area contributed by atoms with Crippen LogP contribution >= 0.6 is 0 Å². The van der Waals surface area contributed by atoms with Gasteiger partial charge in [0.15, 0.2) is 11.6 Å². The zero-order valence-electron chi connectivity index (χ0n) is 16.6. The molecule has 1 aliphatic rings. The van der Waals surface area contributed by atoms with Crippen LogP contribution in [0.3, 0.4) is 0 Å². The van der Waals surface area contributed by atoms with Gasteiger partial charge in [0.25, 0.3) is 0 Å². The van der Waals surface area contributed by atoms with Crippen molar-refractivity contribution in [2.75, 3.05) is 18.0 Å². The molecule has 1 N–H and O–H groups in total. The van der Waals surface area contributed by atoms with Crippen molar-refractivity contribution in [3.63, 3.8) is 0 Å². The van der Waals surface area contributed by atoms with Gasteiger partial charge in [0.2, 0.25) is 5.89 Å². The van der Waals surface area contributed by atoms with Crippen LogP contribution in [0.2, 0.25) is 0 Å². The highest BCUT2D eigenvalue weighted by molar-refractivity contribution is 5.57. The van der Waals surface area contributed by atoms with E-state index >= 15 is 0 Å². The largest absolute Gasteiger partial charge is 0.356 e. The van der Waals surface area contributed by atoms with E-state index in [0.717, 1.165) is 48.8 Å². The highest BCUT2D eigenvalue weighted by Crippen LogP contribution is 2.24. The molecule has 2 aromatic heterocycles. The number of hydrogen-bond acceptors (Lipinski definition) is 7. The van der Waals surface area contributed by atoms with E-state index < -0.39 is 0 Å². The Morgan fingerprint density at radius 1 is 1.07 bits per heavy atom. The monoisotopic (exact) mass is 378 g/mol. The van der Waals surface area contributed by atoms with Crippen molar-refractivity contribution in [1.82, 2.24) is 25.4 Å². The van der Waals surface area contributed by atoms with Gasteiger partial charge in [-0.2, -0.15) is 4.98 Å². The third-order valence-corrected chi connectivity index (χ3v) is 5.09. The van der Waals surface area contributed by atoms with Crippen LogP contribution in [0.5, 0.6) is 0 Å². The van der Waals surface area contributed by atoms with Gasteiger partial charge < -0.3 is 14.7 Å². The molecular formula is C21H26N6O. The Kier molecular flexibility index (Phi) is 5.34. The fourth-order valence-electron chi connectivity index (χ4n) is 3.62. The summed E-state index contributed by atoms with van der Waals surface area (Å²) in [6.07, 6.45) is 2.09. The smallest absolute Gasteiger partial charge is 0.243 e. The predicted molar refractivity (Wildman–Crippen MR) is 108 cm³/mol. The summed E-state index contributed by atoms with van der Waals surface area (Å²) in [5.74, 6) is 3.12. The summed E-state index contributed by atoms with van der Waals surface area (Å²) in [5.41, 5.74) is 2.04. The zero-order chi connectivity index (χ0) is 19.5. The van der Waals surface area contributed by atoms with E-state index in [0.29, 0.717) is 17.8 Å². The Morgan fingerprint density at radius 2 is 1.82 bits per heavy atom. The van der Waals surface area contributed by atoms with E-state index in [-0.39, 0.29) is 6.04 Å². The number of piperidine rings is 1. The standard InChI is InChI=1S/C21H26N6O/c1-14-13-19(25-20(22-14)17-7-5-4-6-8-17)27-11-9-18(10-12-27)23-15(2)21-24-16(3)26-28-21/h4-8,13,15,18,23H,9-12H2,1-3H3/t15-/m0/s1. The molecule has 0 unspecified atom stereocenters. The van der Waals surface area contributed by atoms with Gasteiger partial charge in [-0.1, -0.05) is 35.5 Å². The Labute approximate surface area is 165 Å². The summed E-state index contributed by atoms with van der Waals surface area (Å²) in [7, 11) is 0. The minimum atomic E-state index is 0.0590. The minimum absolute atomic E-state index is 0.0590. The zero-order valence-corrected chi connectivity index (χ0v) is 16.6. The number of nitrogens with zero attached hydrogens (tertiary/aromatic N) is 5. The van der Waals surface area contributed by atoms with E-state index in [1.807, 2.05) is 32.0 Å². The summed E-state index contributed by atoms with van der Waals surface area (Å²) in [6, 6.07) is 12.7. The third kappa shape index (κ3) is 4.20. The van der Waals surface area contributed by atoms with E-state index in [1.165, 1.54) is 0 Å². The summed E-state index contributed by atoms with van der Waals surface area (Å²) in [6.45, 7) is 7.85. The predicted octanol–water partition coefficient (Wildman–Crippen LogP) is 3.46. The average Bonchev–Trinajstić information content (AvgIpc) is 3.15. The van der Waals surface area contributed by atoms with E-state index in [2.05, 4.69) is 50.5 Å². The lowest BCUT2D eigenvalue weighted by Gasteiger charge is -2.34. The molecule has 0 aliphatic carbocycles. The van der Waals surface area contributed by atoms with E-state index in [4.69, 9.17) is 9.51 Å². The normalized spacial score (nSPS) is 16.3. The summed E-state index contributed by atoms with van der Waals surface area (Å²) < 4.78 is 5.28. The van der Waals surface area contributed by atoms with Crippen LogP contribution < -0.4 is 10.2 Å². The van der Waals surface area contributed by atoms with Gasteiger partial charge in [0.1, 0.15) is 5.82 Å². The van der Waals surface area contributed by atoms with Gasteiger partial charge >= 0.3 is 0 Å². The second kappa shape index (κ2) is 8.06. The lowest BCUT2D eigenvalue weighted by Crippen LogP contribution is -2.43. The molecule has 0 spiro atoms. The molecule has 146 valence electrons. The second-order valence-corrected chi connectivity index (χ2v) is 7.39. The highest BCUT2D eigenvalue weighted by Gasteiger charge is 2.24. The number of aryl methyl sites for hydroxylation is 2. The summed E-state index contributed by atoms with van der Waals surface area (Å²) in [4.78, 5) is 16.1. The van der Waals surface area contributed by atoms with Crippen molar-refractivity contribution in [2.45, 2.75) is 45.7 Å². The van der Waals surface area contributed by atoms with Gasteiger partial charge in [-0.3, -0.25) is 0 Å². The number of anilines is 1. The van der Waals surface area contributed by atoms with Crippen molar-refractivity contribution in [3.05, 3.63) is 53.8 Å². The first-order chi connectivity index (χ1) is 13.6. The molecule has 0 amide bonds. The van der Waals surface area contributed by atoms with Crippen molar-refractivity contribution in [1.29, 1.82) is 0 Å². The topological polar surface area (TPSA) is 80.0 Å². The van der Waals surface area contributed by atoms with Crippen LogP contribution in [-0.4, -0.2) is 39.2 Å². The van der Waals surface area contributed by atoms with Gasteiger partial charge in [-0.25, -0.2) is 9.97 Å². The highest BCUT2D eigenvalue weighted by atomic mass is 16.5. The van der Waals surface area contributed by atoms with Gasteiger partial charge in [-0.15, -0.1) is 0 Å². The molecule has 0 saturated carbocycles. The van der Waals surface area contributed by atoms with Gasteiger partial charge in [-0.05, 0) is 33.6 Å². The lowest BCUT2D eigenvalue weighted by molar-refractivity contribution is 0.304. The van der Waals surface area contributed by atoms with Crippen LogP contribution in [0.25, 0.3) is 11.4 Å². The van der Waals surface area contributed by atoms with Crippen LogP contribution in [0.15, 0.2) is 40.9 Å². The molecule has 1 saturated heterocycles. The first-order valence-electron chi connectivity index (χ1n) is 9.81. The van der Waals surface area contributed by atoms with Crippen molar-refractivity contribution in [2.24, 2.45) is 0 Å². The maximum absolute atomic E-state index is 5.28. The number of benzene rings is 1. The van der Waals surface area contributed by atoms with Crippen LogP contribution in [-0.2, 0) is 0 Å². The molecule has 3 aromatic rings. The molecule has 3 heterocycles. The number of aromatic nitrogens is 4. The van der Waals surface area contributed by atoms with Crippen LogP contribution in [0.4, 0.5) is 5.82 Å². The molecule has 1 aliphatic heterocycles. The Morgan fingerprint density at radius 3 is 2.50 bits per heavy atom. The molecule has 7 nitrogen and oxygen atoms in total. The summed E-state index contributed by atoms with van der Waals surface area (Å²) in [5, 5.41) is 7.49. The fraction of sp³-hybridized carbons (Fsp3) is 0.429. The lowest BCUT2D eigenvalue weighted by atomic mass is 10.0. The molecule has 4 rings (SSSR count). The first-order valence-corrected chi connectivity index (χ1v) is 9.81. The van der Waals surface area contributed by atoms with E-state index in [1.54, 1.807) is 0 Å². The Hall–Kier alpha value is -2.80. The molecule has 1 atom stereocenters. The molecule has 7 heteroatoms. The molecule has 0 radical (unpaired) electrons. The maximum Gasteiger partial charge on any atom is 0.243 e. The van der Waals surface area contributed by atoms with Gasteiger partial charge in [0.05, 0.1) is 6.04 Å². The van der Waals surface area contributed by atoms with Crippen molar-refractivity contribution >= 4 is 5.82 Å². The van der Waals surface area contributed by atoms with Crippen LogP contribution in [0, 0.1) is 13.8 Å². The van der Waals surface area contributed by atoms with Crippen LogP contribution in [0.1, 0.15) is 43.2 Å². The molecule has 0 bridgehead atoms. The molecular weight excluding hydrogens is 352 g/mol. The second-order valence-electron chi connectivity index (χ2n) is 7.39. The maximum atomic E-state index is 5.28. The van der Waals surface area contributed by atoms with E-state index in [9.17, 15) is 0 Å². The van der Waals surface area contributed by atoms with Gasteiger partial charge in [0, 0.05) is 36.5 Å². The fourth-order valence-corrected chi connectivity index (χ4v) is 3.62. The Balaban J connectivity index is 1.40. The third-order valence-electron chi connectivity index (χ3n) is 5.09. The first kappa shape index (κ1) is 18.6.